The third kappa shape index (κ3) is 10.8. The second kappa shape index (κ2) is 11.9. The van der Waals surface area contributed by atoms with Crippen LogP contribution in [0.15, 0.2) is 4.99 Å². The van der Waals surface area contributed by atoms with Gasteiger partial charge in [-0.05, 0) is 12.8 Å². The zero-order valence-corrected chi connectivity index (χ0v) is 14.7. The Morgan fingerprint density at radius 1 is 1.16 bits per heavy atom. The first-order valence-corrected chi connectivity index (χ1v) is 8.03. The number of guanidine groups is 1. The van der Waals surface area contributed by atoms with Crippen LogP contribution in [0.3, 0.4) is 0 Å². The zero-order valence-electron chi connectivity index (χ0n) is 13.8. The van der Waals surface area contributed by atoms with Gasteiger partial charge in [0.05, 0.1) is 6.54 Å². The van der Waals surface area contributed by atoms with Crippen LogP contribution in [-0.4, -0.2) is 65.7 Å². The van der Waals surface area contributed by atoms with Crippen molar-refractivity contribution in [2.45, 2.75) is 31.8 Å². The van der Waals surface area contributed by atoms with Crippen LogP contribution < -0.4 is 27.4 Å². The number of thiol groups is 1. The topological polar surface area (TPSA) is 189 Å². The van der Waals surface area contributed by atoms with Gasteiger partial charge in [0.25, 0.3) is 0 Å². The minimum absolute atomic E-state index is 0.0512. The molecule has 0 aliphatic heterocycles. The first-order chi connectivity index (χ1) is 11.7. The van der Waals surface area contributed by atoms with Crippen molar-refractivity contribution in [1.82, 2.24) is 16.0 Å². The van der Waals surface area contributed by atoms with Crippen molar-refractivity contribution in [1.29, 1.82) is 0 Å². The molecule has 11 nitrogen and oxygen atoms in total. The zero-order chi connectivity index (χ0) is 19.4. The van der Waals surface area contributed by atoms with E-state index in [1.165, 1.54) is 6.92 Å². The summed E-state index contributed by atoms with van der Waals surface area (Å²) in [4.78, 5) is 49.4. The van der Waals surface area contributed by atoms with Gasteiger partial charge >= 0.3 is 5.97 Å². The van der Waals surface area contributed by atoms with E-state index in [2.05, 4.69) is 33.6 Å². The molecule has 2 atom stereocenters. The molecule has 0 aromatic rings. The van der Waals surface area contributed by atoms with Crippen LogP contribution in [0.1, 0.15) is 19.8 Å². The Morgan fingerprint density at radius 3 is 2.28 bits per heavy atom. The Morgan fingerprint density at radius 2 is 1.80 bits per heavy atom. The summed E-state index contributed by atoms with van der Waals surface area (Å²) in [5.41, 5.74) is 10.3. The molecule has 0 saturated carbocycles. The van der Waals surface area contributed by atoms with Gasteiger partial charge in [0.2, 0.25) is 17.7 Å². The molecule has 0 bridgehead atoms. The lowest BCUT2D eigenvalue weighted by Gasteiger charge is -2.17. The molecule has 3 amide bonds. The lowest BCUT2D eigenvalue weighted by atomic mass is 10.1. The molecule has 8 N–H and O–H groups in total. The average molecular weight is 376 g/mol. The van der Waals surface area contributed by atoms with Crippen LogP contribution in [0, 0.1) is 0 Å². The van der Waals surface area contributed by atoms with Crippen LogP contribution in [0.2, 0.25) is 0 Å². The smallest absolute Gasteiger partial charge is 0.326 e. The molecule has 0 aromatic heterocycles. The van der Waals surface area contributed by atoms with Crippen LogP contribution in [-0.2, 0) is 19.2 Å². The molecule has 0 rings (SSSR count). The third-order valence-corrected chi connectivity index (χ3v) is 3.24. The van der Waals surface area contributed by atoms with E-state index in [9.17, 15) is 19.2 Å². The van der Waals surface area contributed by atoms with Gasteiger partial charge in [0, 0.05) is 19.2 Å². The van der Waals surface area contributed by atoms with Gasteiger partial charge in [-0.15, -0.1) is 0 Å². The normalized spacial score (nSPS) is 12.4. The minimum atomic E-state index is -1.21. The molecule has 25 heavy (non-hydrogen) atoms. The number of aliphatic carboxylic acids is 1. The van der Waals surface area contributed by atoms with E-state index in [1.54, 1.807) is 0 Å². The number of aliphatic imine (C=N–C) groups is 1. The van der Waals surface area contributed by atoms with E-state index >= 15 is 0 Å². The minimum Gasteiger partial charge on any atom is -0.480 e. The standard InChI is InChI=1S/C13H24N6O5S/c1-7(20)18-9(6-25)11(22)17-5-10(21)19-8(12(23)24)3-2-4-16-13(14)15/h8-9,25H,2-6H2,1H3,(H,17,22)(H,18,20)(H,19,21)(H,23,24)(H4,14,15,16)/t8-,9-/m0/s1. The molecule has 12 heteroatoms. The Labute approximate surface area is 150 Å². The molecule has 0 fully saturated rings. The molecule has 0 unspecified atom stereocenters. The summed E-state index contributed by atoms with van der Waals surface area (Å²) < 4.78 is 0. The molecule has 142 valence electrons. The number of carboxylic acid groups (broad SMARTS) is 1. The number of nitrogens with one attached hydrogen (secondary N) is 3. The summed E-state index contributed by atoms with van der Waals surface area (Å²) in [6.45, 7) is 1.05. The quantitative estimate of drug-likeness (QED) is 0.0874. The first-order valence-electron chi connectivity index (χ1n) is 7.40. The fourth-order valence-corrected chi connectivity index (χ4v) is 1.99. The number of rotatable bonds is 11. The fourth-order valence-electron chi connectivity index (χ4n) is 1.74. The number of nitrogens with zero attached hydrogens (tertiary/aromatic N) is 1. The molecule has 0 heterocycles. The first kappa shape index (κ1) is 22.5. The summed E-state index contributed by atoms with van der Waals surface area (Å²) in [6.07, 6.45) is 0.475. The van der Waals surface area contributed by atoms with E-state index in [0.717, 1.165) is 0 Å². The van der Waals surface area contributed by atoms with Gasteiger partial charge in [-0.1, -0.05) is 0 Å². The van der Waals surface area contributed by atoms with E-state index in [4.69, 9.17) is 16.6 Å². The van der Waals surface area contributed by atoms with E-state index < -0.39 is 42.3 Å². The number of amides is 3. The van der Waals surface area contributed by atoms with Crippen molar-refractivity contribution in [3.63, 3.8) is 0 Å². The van der Waals surface area contributed by atoms with Gasteiger partial charge in [-0.3, -0.25) is 19.4 Å². The molecule has 0 saturated heterocycles. The maximum atomic E-state index is 11.8. The van der Waals surface area contributed by atoms with Gasteiger partial charge < -0.3 is 32.5 Å². The van der Waals surface area contributed by atoms with E-state index in [-0.39, 0.29) is 24.7 Å². The number of hydrogen-bond donors (Lipinski definition) is 7. The van der Waals surface area contributed by atoms with Crippen molar-refractivity contribution in [2.75, 3.05) is 18.8 Å². The summed E-state index contributed by atoms with van der Waals surface area (Å²) in [5.74, 6) is -2.95. The van der Waals surface area contributed by atoms with Crippen molar-refractivity contribution >= 4 is 42.3 Å². The van der Waals surface area contributed by atoms with Crippen LogP contribution in [0.5, 0.6) is 0 Å². The third-order valence-electron chi connectivity index (χ3n) is 2.88. The lowest BCUT2D eigenvalue weighted by molar-refractivity contribution is -0.142. The largest absolute Gasteiger partial charge is 0.480 e. The second-order valence-electron chi connectivity index (χ2n) is 5.06. The van der Waals surface area contributed by atoms with Gasteiger partial charge in [-0.25, -0.2) is 4.79 Å². The van der Waals surface area contributed by atoms with Crippen molar-refractivity contribution in [3.05, 3.63) is 0 Å². The van der Waals surface area contributed by atoms with Crippen LogP contribution in [0.25, 0.3) is 0 Å². The van der Waals surface area contributed by atoms with Gasteiger partial charge in [0.15, 0.2) is 5.96 Å². The van der Waals surface area contributed by atoms with Crippen molar-refractivity contribution < 1.29 is 24.3 Å². The molecule has 0 aromatic carbocycles. The van der Waals surface area contributed by atoms with E-state index in [0.29, 0.717) is 6.42 Å². The monoisotopic (exact) mass is 376 g/mol. The van der Waals surface area contributed by atoms with Crippen molar-refractivity contribution in [2.24, 2.45) is 16.5 Å². The Bertz CT molecular complexity index is 523. The fraction of sp³-hybridized carbons (Fsp3) is 0.615. The Hall–Kier alpha value is -2.50. The highest BCUT2D eigenvalue weighted by Crippen LogP contribution is 1.98. The number of carbonyl (C=O) groups excluding carboxylic acids is 3. The van der Waals surface area contributed by atoms with Gasteiger partial charge in [0.1, 0.15) is 12.1 Å². The maximum absolute atomic E-state index is 11.8. The summed E-state index contributed by atoms with van der Waals surface area (Å²) in [6, 6.07) is -2.02. The lowest BCUT2D eigenvalue weighted by Crippen LogP contribution is -2.51. The molecule has 0 spiro atoms. The number of carbonyl (C=O) groups is 4. The van der Waals surface area contributed by atoms with Crippen molar-refractivity contribution in [3.8, 4) is 0 Å². The highest BCUT2D eigenvalue weighted by molar-refractivity contribution is 7.80. The molecule has 0 radical (unpaired) electrons. The van der Waals surface area contributed by atoms with Crippen LogP contribution in [0.4, 0.5) is 0 Å². The maximum Gasteiger partial charge on any atom is 0.326 e. The highest BCUT2D eigenvalue weighted by Gasteiger charge is 2.21. The Balaban J connectivity index is 4.38. The average Bonchev–Trinajstić information content (AvgIpc) is 2.52. The Kier molecular flexibility index (Phi) is 10.8. The molecular formula is C13H24N6O5S. The summed E-state index contributed by atoms with van der Waals surface area (Å²) in [5, 5.41) is 16.0. The number of hydrogen-bond acceptors (Lipinski definition) is 6. The highest BCUT2D eigenvalue weighted by atomic mass is 32.1. The summed E-state index contributed by atoms with van der Waals surface area (Å²) >= 11 is 3.94. The predicted molar refractivity (Wildman–Crippen MR) is 93.9 cm³/mol. The molecule has 0 aliphatic carbocycles. The predicted octanol–water partition coefficient (Wildman–Crippen LogP) is -2.84. The summed E-state index contributed by atoms with van der Waals surface area (Å²) in [7, 11) is 0. The van der Waals surface area contributed by atoms with Gasteiger partial charge in [-0.2, -0.15) is 12.6 Å². The number of nitrogens with two attached hydrogens (primary N) is 2. The van der Waals surface area contributed by atoms with E-state index in [1.807, 2.05) is 0 Å². The molecular weight excluding hydrogens is 352 g/mol. The number of carboxylic acids is 1. The van der Waals surface area contributed by atoms with Crippen LogP contribution >= 0.6 is 12.6 Å². The second-order valence-corrected chi connectivity index (χ2v) is 5.43. The molecule has 0 aliphatic rings. The SMILES string of the molecule is CC(=O)N[C@@H](CS)C(=O)NCC(=O)N[C@@H](CCCN=C(N)N)C(=O)O.